The molecule has 0 atom stereocenters. The molecule has 1 saturated carbocycles. The van der Waals surface area contributed by atoms with E-state index in [0.717, 1.165) is 44.7 Å². The van der Waals surface area contributed by atoms with Gasteiger partial charge in [0.15, 0.2) is 0 Å². The van der Waals surface area contributed by atoms with Crippen molar-refractivity contribution < 1.29 is 4.79 Å². The minimum Gasteiger partial charge on any atom is -0.335 e. The topological polar surface area (TPSA) is 41.4 Å². The van der Waals surface area contributed by atoms with Crippen molar-refractivity contribution in [2.24, 2.45) is 0 Å². The Hall–Kier alpha value is -1.36. The summed E-state index contributed by atoms with van der Waals surface area (Å²) in [7, 11) is 0. The van der Waals surface area contributed by atoms with E-state index in [9.17, 15) is 4.79 Å². The fraction of sp³-hybridized carbons (Fsp3) is 0.789. The van der Waals surface area contributed by atoms with Gasteiger partial charge in [0.1, 0.15) is 0 Å². The van der Waals surface area contributed by atoms with Crippen LogP contribution < -0.4 is 0 Å². The summed E-state index contributed by atoms with van der Waals surface area (Å²) in [5.74, 6) is 0.250. The molecule has 1 aliphatic heterocycles. The lowest BCUT2D eigenvalue weighted by Gasteiger charge is -2.52. The number of nitrogens with zero attached hydrogens (tertiary/aromatic N) is 4. The molecule has 1 amide bonds. The van der Waals surface area contributed by atoms with Gasteiger partial charge in [-0.15, -0.1) is 0 Å². The van der Waals surface area contributed by atoms with Gasteiger partial charge in [0.2, 0.25) is 5.91 Å². The van der Waals surface area contributed by atoms with Gasteiger partial charge >= 0.3 is 0 Å². The highest BCUT2D eigenvalue weighted by Gasteiger charge is 2.43. The molecule has 0 aromatic carbocycles. The Morgan fingerprint density at radius 1 is 1.25 bits per heavy atom. The Morgan fingerprint density at radius 2 is 1.96 bits per heavy atom. The van der Waals surface area contributed by atoms with Gasteiger partial charge in [0.25, 0.3) is 0 Å². The predicted molar refractivity (Wildman–Crippen MR) is 95.8 cm³/mol. The molecule has 1 aliphatic carbocycles. The van der Waals surface area contributed by atoms with Gasteiger partial charge in [-0.3, -0.25) is 14.4 Å². The van der Waals surface area contributed by atoms with E-state index in [1.165, 1.54) is 24.8 Å². The van der Waals surface area contributed by atoms with Crippen LogP contribution >= 0.6 is 0 Å². The molecule has 134 valence electrons. The van der Waals surface area contributed by atoms with Crippen molar-refractivity contribution >= 4 is 5.91 Å². The van der Waals surface area contributed by atoms with E-state index in [4.69, 9.17) is 0 Å². The number of aryl methyl sites for hydroxylation is 1. The molecule has 1 saturated heterocycles. The summed E-state index contributed by atoms with van der Waals surface area (Å²) >= 11 is 0. The van der Waals surface area contributed by atoms with Crippen molar-refractivity contribution in [1.82, 2.24) is 19.6 Å². The molecule has 2 fully saturated rings. The second-order valence-electron chi connectivity index (χ2n) is 7.98. The first-order chi connectivity index (χ1) is 11.4. The Morgan fingerprint density at radius 3 is 2.54 bits per heavy atom. The lowest BCUT2D eigenvalue weighted by Crippen LogP contribution is -2.63. The molecule has 0 N–H and O–H groups in total. The zero-order valence-electron chi connectivity index (χ0n) is 15.7. The monoisotopic (exact) mass is 332 g/mol. The van der Waals surface area contributed by atoms with Gasteiger partial charge in [-0.25, -0.2) is 0 Å². The fourth-order valence-corrected chi connectivity index (χ4v) is 4.50. The average molecular weight is 332 g/mol. The number of rotatable bonds is 3. The second-order valence-corrected chi connectivity index (χ2v) is 7.98. The van der Waals surface area contributed by atoms with Crippen LogP contribution in [0.4, 0.5) is 0 Å². The summed E-state index contributed by atoms with van der Waals surface area (Å²) < 4.78 is 2.06. The van der Waals surface area contributed by atoms with E-state index < -0.39 is 0 Å². The van der Waals surface area contributed by atoms with Crippen molar-refractivity contribution in [3.63, 3.8) is 0 Å². The van der Waals surface area contributed by atoms with Crippen molar-refractivity contribution in [2.45, 2.75) is 77.9 Å². The number of piperazine rings is 1. The van der Waals surface area contributed by atoms with Gasteiger partial charge in [0.05, 0.1) is 11.2 Å². The van der Waals surface area contributed by atoms with E-state index in [2.05, 4.69) is 46.5 Å². The third kappa shape index (κ3) is 3.37. The zero-order valence-corrected chi connectivity index (χ0v) is 15.7. The number of hydrogen-bond donors (Lipinski definition) is 0. The summed E-state index contributed by atoms with van der Waals surface area (Å²) in [6, 6.07) is 0.400. The number of carbonyl (C=O) groups is 1. The van der Waals surface area contributed by atoms with Crippen LogP contribution in [0.3, 0.4) is 0 Å². The Bertz CT molecular complexity index is 586. The summed E-state index contributed by atoms with van der Waals surface area (Å²) in [5, 5.41) is 4.65. The lowest BCUT2D eigenvalue weighted by molar-refractivity contribution is -0.142. The quantitative estimate of drug-likeness (QED) is 0.854. The summed E-state index contributed by atoms with van der Waals surface area (Å²) in [6.07, 6.45) is 8.34. The summed E-state index contributed by atoms with van der Waals surface area (Å²) in [4.78, 5) is 16.9. The van der Waals surface area contributed by atoms with E-state index in [1.54, 1.807) is 6.92 Å². The molecule has 1 aromatic rings. The highest BCUT2D eigenvalue weighted by Crippen LogP contribution is 2.37. The predicted octanol–water partition coefficient (Wildman–Crippen LogP) is 3.14. The molecule has 0 unspecified atom stereocenters. The van der Waals surface area contributed by atoms with Crippen molar-refractivity contribution in [3.8, 4) is 0 Å². The molecular formula is C19H32N4O. The van der Waals surface area contributed by atoms with Crippen LogP contribution in [0, 0.1) is 6.92 Å². The molecule has 5 heteroatoms. The minimum absolute atomic E-state index is 0.0737. The third-order valence-electron chi connectivity index (χ3n) is 5.84. The molecule has 0 bridgehead atoms. The van der Waals surface area contributed by atoms with Crippen LogP contribution in [-0.4, -0.2) is 50.7 Å². The minimum atomic E-state index is 0.0737. The zero-order chi connectivity index (χ0) is 17.3. The van der Waals surface area contributed by atoms with Crippen LogP contribution in [0.15, 0.2) is 6.20 Å². The second kappa shape index (κ2) is 6.87. The van der Waals surface area contributed by atoms with Crippen LogP contribution in [0.1, 0.15) is 70.2 Å². The van der Waals surface area contributed by atoms with Gasteiger partial charge in [-0.05, 0) is 33.6 Å². The molecule has 2 heterocycles. The number of carbonyl (C=O) groups excluding carboxylic acids is 1. The molecule has 1 aromatic heterocycles. The maximum Gasteiger partial charge on any atom is 0.219 e. The summed E-state index contributed by atoms with van der Waals surface area (Å²) in [5.41, 5.74) is 2.53. The number of hydrogen-bond acceptors (Lipinski definition) is 3. The van der Waals surface area contributed by atoms with Crippen molar-refractivity contribution in [2.75, 3.05) is 19.6 Å². The van der Waals surface area contributed by atoms with E-state index >= 15 is 0 Å². The smallest absolute Gasteiger partial charge is 0.219 e. The third-order valence-corrected chi connectivity index (χ3v) is 5.84. The first kappa shape index (κ1) is 17.5. The standard InChI is InChI=1S/C19H32N4O/c1-15(2)23-13-18(16(3)20-23)12-21-10-11-22(17(4)24)19(14-21)8-6-5-7-9-19/h13,15H,5-12,14H2,1-4H3. The highest BCUT2D eigenvalue weighted by molar-refractivity contribution is 5.74. The van der Waals surface area contributed by atoms with Gasteiger partial charge in [0, 0.05) is 50.9 Å². The number of amides is 1. The van der Waals surface area contributed by atoms with Crippen LogP contribution in [0.2, 0.25) is 0 Å². The Kier molecular flexibility index (Phi) is 5.00. The molecule has 3 rings (SSSR count). The largest absolute Gasteiger partial charge is 0.335 e. The molecular weight excluding hydrogens is 300 g/mol. The van der Waals surface area contributed by atoms with Crippen molar-refractivity contribution in [1.29, 1.82) is 0 Å². The van der Waals surface area contributed by atoms with Crippen LogP contribution in [0.5, 0.6) is 0 Å². The Balaban J connectivity index is 1.75. The van der Waals surface area contributed by atoms with E-state index in [-0.39, 0.29) is 11.4 Å². The fourth-order valence-electron chi connectivity index (χ4n) is 4.50. The SMILES string of the molecule is CC(=O)N1CCN(Cc2cn(C(C)C)nc2C)CC12CCCCC2. The first-order valence-corrected chi connectivity index (χ1v) is 9.46. The maximum atomic E-state index is 12.2. The summed E-state index contributed by atoms with van der Waals surface area (Å²) in [6.45, 7) is 12.0. The maximum absolute atomic E-state index is 12.2. The molecule has 24 heavy (non-hydrogen) atoms. The molecule has 1 spiro atoms. The molecule has 0 radical (unpaired) electrons. The molecule has 5 nitrogen and oxygen atoms in total. The number of aromatic nitrogens is 2. The van der Waals surface area contributed by atoms with Gasteiger partial charge < -0.3 is 4.90 Å². The lowest BCUT2D eigenvalue weighted by atomic mass is 9.78. The van der Waals surface area contributed by atoms with Gasteiger partial charge in [-0.2, -0.15) is 5.10 Å². The van der Waals surface area contributed by atoms with E-state index in [1.807, 2.05) is 0 Å². The van der Waals surface area contributed by atoms with Gasteiger partial charge in [-0.1, -0.05) is 19.3 Å². The normalized spacial score (nSPS) is 21.6. The van der Waals surface area contributed by atoms with Crippen LogP contribution in [0.25, 0.3) is 0 Å². The average Bonchev–Trinajstić information content (AvgIpc) is 2.89. The molecule has 2 aliphatic rings. The Labute approximate surface area is 146 Å². The van der Waals surface area contributed by atoms with Crippen molar-refractivity contribution in [3.05, 3.63) is 17.5 Å². The first-order valence-electron chi connectivity index (χ1n) is 9.46. The highest BCUT2D eigenvalue weighted by atomic mass is 16.2. The van der Waals surface area contributed by atoms with E-state index in [0.29, 0.717) is 6.04 Å². The van der Waals surface area contributed by atoms with Crippen LogP contribution in [-0.2, 0) is 11.3 Å².